The molecule has 0 amide bonds. The maximum atomic E-state index is 12.2. The van der Waals surface area contributed by atoms with E-state index in [1.54, 1.807) is 6.07 Å². The summed E-state index contributed by atoms with van der Waals surface area (Å²) in [7, 11) is -3.55. The van der Waals surface area contributed by atoms with E-state index in [0.29, 0.717) is 17.1 Å². The Balaban J connectivity index is 2.22. The minimum Gasteiger partial charge on any atom is -0.312 e. The Kier molecular flexibility index (Phi) is 4.23. The van der Waals surface area contributed by atoms with Crippen molar-refractivity contribution in [3.05, 3.63) is 28.2 Å². The normalized spacial score (nSPS) is 11.7. The Labute approximate surface area is 116 Å². The molecule has 0 unspecified atom stereocenters. The molecule has 0 spiro atoms. The highest BCUT2D eigenvalue weighted by Crippen LogP contribution is 2.27. The van der Waals surface area contributed by atoms with Crippen LogP contribution in [0, 0.1) is 6.92 Å². The van der Waals surface area contributed by atoms with Gasteiger partial charge < -0.3 is 5.32 Å². The average Bonchev–Trinajstić information content (AvgIpc) is 2.95. The number of nitrogens with zero attached hydrogens (tertiary/aromatic N) is 1. The molecule has 0 aliphatic carbocycles. The number of sulfonamides is 1. The molecule has 2 heterocycles. The first-order valence-corrected chi connectivity index (χ1v) is 8.14. The first-order chi connectivity index (χ1) is 9.03. The number of hydrogen-bond acceptors (Lipinski definition) is 5. The monoisotopic (exact) mass is 300 g/mol. The second-order valence-electron chi connectivity index (χ2n) is 4.01. The average molecular weight is 300 g/mol. The Bertz CT molecular complexity index is 632. The van der Waals surface area contributed by atoms with Crippen LogP contribution in [-0.2, 0) is 16.6 Å². The zero-order chi connectivity index (χ0) is 13.9. The highest BCUT2D eigenvalue weighted by atomic mass is 32.2. The van der Waals surface area contributed by atoms with Crippen molar-refractivity contribution in [1.82, 2.24) is 15.5 Å². The van der Waals surface area contributed by atoms with E-state index in [0.717, 1.165) is 16.3 Å². The van der Waals surface area contributed by atoms with Gasteiger partial charge in [-0.3, -0.25) is 9.82 Å². The summed E-state index contributed by atoms with van der Waals surface area (Å²) in [5.74, 6) is 0. The number of thiophene rings is 1. The summed E-state index contributed by atoms with van der Waals surface area (Å²) in [5, 5.41) is 9.46. The summed E-state index contributed by atoms with van der Waals surface area (Å²) in [6, 6.07) is 1.71. The fourth-order valence-electron chi connectivity index (χ4n) is 1.64. The smallest absolute Gasteiger partial charge is 0.263 e. The molecule has 0 atom stereocenters. The third-order valence-electron chi connectivity index (χ3n) is 2.51. The van der Waals surface area contributed by atoms with Gasteiger partial charge in [-0.2, -0.15) is 5.10 Å². The van der Waals surface area contributed by atoms with Crippen LogP contribution in [0.5, 0.6) is 0 Å². The maximum Gasteiger partial charge on any atom is 0.263 e. The summed E-state index contributed by atoms with van der Waals surface area (Å²) in [6.45, 7) is 5.36. The van der Waals surface area contributed by atoms with Gasteiger partial charge >= 0.3 is 0 Å². The second kappa shape index (κ2) is 5.72. The van der Waals surface area contributed by atoms with Crippen LogP contribution in [0.4, 0.5) is 5.69 Å². The quantitative estimate of drug-likeness (QED) is 0.757. The number of hydrogen-bond donors (Lipinski definition) is 3. The number of anilines is 1. The SMILES string of the molecule is CCNCc1cc(S(=O)(=O)Nc2cn[nH]c2)c(C)s1. The van der Waals surface area contributed by atoms with Gasteiger partial charge in [0.2, 0.25) is 0 Å². The Morgan fingerprint density at radius 3 is 2.89 bits per heavy atom. The van der Waals surface area contributed by atoms with Gasteiger partial charge in [0.25, 0.3) is 10.0 Å². The number of rotatable bonds is 6. The van der Waals surface area contributed by atoms with Crippen molar-refractivity contribution in [3.8, 4) is 0 Å². The molecular formula is C11H16N4O2S2. The van der Waals surface area contributed by atoms with Crippen molar-refractivity contribution in [2.24, 2.45) is 0 Å². The lowest BCUT2D eigenvalue weighted by molar-refractivity contribution is 0.601. The molecule has 3 N–H and O–H groups in total. The molecule has 0 saturated carbocycles. The van der Waals surface area contributed by atoms with Crippen molar-refractivity contribution in [2.45, 2.75) is 25.3 Å². The third kappa shape index (κ3) is 3.34. The van der Waals surface area contributed by atoms with Crippen LogP contribution in [0.3, 0.4) is 0 Å². The van der Waals surface area contributed by atoms with E-state index in [1.807, 2.05) is 13.8 Å². The minimum absolute atomic E-state index is 0.326. The molecule has 0 aliphatic rings. The molecule has 2 aromatic rings. The van der Waals surface area contributed by atoms with E-state index in [1.165, 1.54) is 23.7 Å². The first-order valence-electron chi connectivity index (χ1n) is 5.84. The molecule has 104 valence electrons. The van der Waals surface area contributed by atoms with Gasteiger partial charge in [-0.1, -0.05) is 6.92 Å². The van der Waals surface area contributed by atoms with Crippen molar-refractivity contribution in [1.29, 1.82) is 0 Å². The predicted octanol–water partition coefficient (Wildman–Crippen LogP) is 1.69. The molecular weight excluding hydrogens is 284 g/mol. The molecule has 8 heteroatoms. The van der Waals surface area contributed by atoms with Gasteiger partial charge in [-0.05, 0) is 19.5 Å². The topological polar surface area (TPSA) is 86.9 Å². The van der Waals surface area contributed by atoms with Gasteiger partial charge in [0.05, 0.1) is 11.9 Å². The van der Waals surface area contributed by atoms with Gasteiger partial charge in [-0.15, -0.1) is 11.3 Å². The highest BCUT2D eigenvalue weighted by Gasteiger charge is 2.20. The minimum atomic E-state index is -3.55. The van der Waals surface area contributed by atoms with Gasteiger partial charge in [-0.25, -0.2) is 8.42 Å². The Morgan fingerprint density at radius 1 is 1.47 bits per heavy atom. The summed E-state index contributed by atoms with van der Waals surface area (Å²) in [5.41, 5.74) is 0.429. The van der Waals surface area contributed by atoms with Crippen molar-refractivity contribution in [2.75, 3.05) is 11.3 Å². The van der Waals surface area contributed by atoms with Crippen LogP contribution in [0.2, 0.25) is 0 Å². The number of aryl methyl sites for hydroxylation is 1. The van der Waals surface area contributed by atoms with E-state index in [-0.39, 0.29) is 0 Å². The maximum absolute atomic E-state index is 12.2. The summed E-state index contributed by atoms with van der Waals surface area (Å²) in [6.07, 6.45) is 2.93. The summed E-state index contributed by atoms with van der Waals surface area (Å²) < 4.78 is 27.0. The van der Waals surface area contributed by atoms with Gasteiger partial charge in [0.1, 0.15) is 4.90 Å². The lowest BCUT2D eigenvalue weighted by atomic mass is 10.4. The van der Waals surface area contributed by atoms with Crippen LogP contribution in [0.25, 0.3) is 0 Å². The molecule has 0 bridgehead atoms. The largest absolute Gasteiger partial charge is 0.312 e. The number of nitrogens with one attached hydrogen (secondary N) is 3. The number of aromatic nitrogens is 2. The molecule has 0 aromatic carbocycles. The predicted molar refractivity (Wildman–Crippen MR) is 75.8 cm³/mol. The van der Waals surface area contributed by atoms with Crippen LogP contribution in [0.1, 0.15) is 16.7 Å². The van der Waals surface area contributed by atoms with Crippen LogP contribution < -0.4 is 10.0 Å². The van der Waals surface area contributed by atoms with Crippen molar-refractivity contribution >= 4 is 27.0 Å². The standard InChI is InChI=1S/C11H16N4O2S2/c1-3-12-7-10-4-11(8(2)18-10)19(16,17)15-9-5-13-14-6-9/h4-6,12,15H,3,7H2,1-2H3,(H,13,14). The van der Waals surface area contributed by atoms with E-state index >= 15 is 0 Å². The molecule has 0 radical (unpaired) electrons. The molecule has 0 fully saturated rings. The molecule has 19 heavy (non-hydrogen) atoms. The zero-order valence-electron chi connectivity index (χ0n) is 10.7. The number of aromatic amines is 1. The molecule has 2 rings (SSSR count). The Hall–Kier alpha value is -1.38. The second-order valence-corrected chi connectivity index (χ2v) is 7.00. The van der Waals surface area contributed by atoms with Crippen LogP contribution >= 0.6 is 11.3 Å². The Morgan fingerprint density at radius 2 is 2.26 bits per heavy atom. The fraction of sp³-hybridized carbons (Fsp3) is 0.364. The van der Waals surface area contributed by atoms with Crippen LogP contribution in [0.15, 0.2) is 23.4 Å². The van der Waals surface area contributed by atoms with Crippen molar-refractivity contribution < 1.29 is 8.42 Å². The van der Waals surface area contributed by atoms with Crippen molar-refractivity contribution in [3.63, 3.8) is 0 Å². The molecule has 2 aromatic heterocycles. The summed E-state index contributed by atoms with van der Waals surface area (Å²) >= 11 is 1.49. The lowest BCUT2D eigenvalue weighted by Gasteiger charge is -2.04. The van der Waals surface area contributed by atoms with E-state index in [4.69, 9.17) is 0 Å². The summed E-state index contributed by atoms with van der Waals surface area (Å²) in [4.78, 5) is 2.11. The molecule has 6 nitrogen and oxygen atoms in total. The third-order valence-corrected chi connectivity index (χ3v) is 5.20. The van der Waals surface area contributed by atoms with Gasteiger partial charge in [0, 0.05) is 22.5 Å². The first kappa shape index (κ1) is 14.0. The van der Waals surface area contributed by atoms with Crippen LogP contribution in [-0.4, -0.2) is 25.2 Å². The lowest BCUT2D eigenvalue weighted by Crippen LogP contribution is -2.13. The zero-order valence-corrected chi connectivity index (χ0v) is 12.4. The highest BCUT2D eigenvalue weighted by molar-refractivity contribution is 7.93. The van der Waals surface area contributed by atoms with E-state index < -0.39 is 10.0 Å². The fourth-order valence-corrected chi connectivity index (χ4v) is 4.28. The van der Waals surface area contributed by atoms with E-state index in [9.17, 15) is 8.42 Å². The molecule has 0 saturated heterocycles. The van der Waals surface area contributed by atoms with Gasteiger partial charge in [0.15, 0.2) is 0 Å². The number of H-pyrrole nitrogens is 1. The van der Waals surface area contributed by atoms with E-state index in [2.05, 4.69) is 20.2 Å². The molecule has 0 aliphatic heterocycles.